The molecule has 0 amide bonds. The van der Waals surface area contributed by atoms with Crippen molar-refractivity contribution in [1.82, 2.24) is 10.3 Å². The number of aromatic hydroxyl groups is 1. The van der Waals surface area contributed by atoms with E-state index >= 15 is 0 Å². The van der Waals surface area contributed by atoms with Gasteiger partial charge in [0, 0.05) is 61.4 Å². The Labute approximate surface area is 393 Å². The Kier molecular flexibility index (Phi) is 14.3. The van der Waals surface area contributed by atoms with Gasteiger partial charge in [0.15, 0.2) is 17.3 Å². The van der Waals surface area contributed by atoms with Gasteiger partial charge in [-0.2, -0.15) is 0 Å². The van der Waals surface area contributed by atoms with Crippen LogP contribution in [0.4, 0.5) is 5.82 Å². The quantitative estimate of drug-likeness (QED) is 0.0905. The van der Waals surface area contributed by atoms with E-state index in [2.05, 4.69) is 76.7 Å². The molecule has 1 aromatic heterocycles. The van der Waals surface area contributed by atoms with Gasteiger partial charge < -0.3 is 49.5 Å². The number of ketones is 1. The maximum atomic E-state index is 14.6. The summed E-state index contributed by atoms with van der Waals surface area (Å²) >= 11 is 0. The fraction of sp³-hybridized carbons (Fsp3) is 0.339. The zero-order chi connectivity index (χ0) is 46.3. The standard InChI is InChI=1S/C56H61N3O8/c1-3-43-31-48-42-11-7-10-37(29-42)17-23-47-52-51(49(63)32-50(67-52)41-18-21-45(61)22-19-41)54(65-27-24-46(62)20-16-36-8-5-4-6-9-36)55(64-2)53(47)66-35-40(34-60)28-38-12-14-39(15-13-38)30-44-33-57-25-26-59(44)56(48)58-43/h4-16,18-22,29,31,40,44,46,50,57-58,60-62H,3,17,23-28,30,32-35H2,1-2H3. The van der Waals surface area contributed by atoms with E-state index in [1.165, 1.54) is 23.9 Å². The van der Waals surface area contributed by atoms with Crippen molar-refractivity contribution >= 4 is 17.7 Å². The number of phenols is 1. The van der Waals surface area contributed by atoms with Gasteiger partial charge in [0.2, 0.25) is 5.75 Å². The molecule has 5 heterocycles. The Morgan fingerprint density at radius 1 is 0.881 bits per heavy atom. The second-order valence-corrected chi connectivity index (χ2v) is 17.9. The summed E-state index contributed by atoms with van der Waals surface area (Å²) in [5.74, 6) is 1.96. The van der Waals surface area contributed by atoms with E-state index in [9.17, 15) is 20.1 Å². The molecular weight excluding hydrogens is 843 g/mol. The number of nitrogens with one attached hydrogen (secondary N) is 2. The van der Waals surface area contributed by atoms with Crippen molar-refractivity contribution in [3.05, 3.63) is 160 Å². The van der Waals surface area contributed by atoms with Gasteiger partial charge in [-0.3, -0.25) is 4.79 Å². The number of aliphatic hydroxyl groups is 2. The molecule has 5 aromatic carbocycles. The first-order chi connectivity index (χ1) is 32.8. The average Bonchev–Trinajstić information content (AvgIpc) is 3.80. The monoisotopic (exact) mass is 903 g/mol. The Morgan fingerprint density at radius 2 is 1.67 bits per heavy atom. The number of carbonyl (C=O) groups excluding carboxylic acids is 1. The Hall–Kier alpha value is -6.53. The Balaban J connectivity index is 1.14. The lowest BCUT2D eigenvalue weighted by atomic mass is 9.90. The van der Waals surface area contributed by atoms with Crippen LogP contribution in [0.15, 0.2) is 115 Å². The number of methoxy groups -OCH3 is 1. The molecule has 4 bridgehead atoms. The van der Waals surface area contributed by atoms with Gasteiger partial charge in [0.05, 0.1) is 32.8 Å². The number of anilines is 1. The summed E-state index contributed by atoms with van der Waals surface area (Å²) in [4.78, 5) is 21.0. The number of ether oxygens (including phenoxy) is 4. The van der Waals surface area contributed by atoms with Gasteiger partial charge in [0.25, 0.3) is 0 Å². The molecule has 0 saturated carbocycles. The molecule has 6 aromatic rings. The molecule has 10 rings (SSSR count). The number of hydrogen-bond acceptors (Lipinski definition) is 10. The van der Waals surface area contributed by atoms with Crippen molar-refractivity contribution < 1.29 is 39.1 Å². The summed E-state index contributed by atoms with van der Waals surface area (Å²) < 4.78 is 26.5. The highest BCUT2D eigenvalue weighted by molar-refractivity contribution is 6.04. The number of hydrogen-bond donors (Lipinski definition) is 5. The number of piperazine rings is 1. The molecule has 1 saturated heterocycles. The van der Waals surface area contributed by atoms with Crippen LogP contribution in [0.5, 0.6) is 28.7 Å². The molecule has 5 N–H and O–H groups in total. The normalized spacial score (nSPS) is 19.0. The second kappa shape index (κ2) is 21.0. The molecule has 0 radical (unpaired) electrons. The van der Waals surface area contributed by atoms with Crippen LogP contribution in [-0.2, 0) is 32.1 Å². The topological polar surface area (TPSA) is 146 Å². The van der Waals surface area contributed by atoms with Gasteiger partial charge >= 0.3 is 0 Å². The summed E-state index contributed by atoms with van der Waals surface area (Å²) in [5.41, 5.74) is 9.52. The number of rotatable bonds is 10. The van der Waals surface area contributed by atoms with E-state index < -0.39 is 12.2 Å². The fourth-order valence-corrected chi connectivity index (χ4v) is 9.62. The summed E-state index contributed by atoms with van der Waals surface area (Å²) in [5, 5.41) is 35.6. The van der Waals surface area contributed by atoms with Gasteiger partial charge in [-0.1, -0.05) is 110 Å². The van der Waals surface area contributed by atoms with Crippen LogP contribution < -0.4 is 29.2 Å². The van der Waals surface area contributed by atoms with Crippen LogP contribution in [0, 0.1) is 5.92 Å². The average molecular weight is 904 g/mol. The predicted octanol–water partition coefficient (Wildman–Crippen LogP) is 8.86. The number of fused-ring (bicyclic) bond motifs is 7. The number of H-pyrrole nitrogens is 1. The van der Waals surface area contributed by atoms with Crippen molar-refractivity contribution in [2.45, 2.75) is 70.1 Å². The lowest BCUT2D eigenvalue weighted by molar-refractivity contribution is 0.0834. The second-order valence-electron chi connectivity index (χ2n) is 17.9. The van der Waals surface area contributed by atoms with Gasteiger partial charge in [-0.05, 0) is 83.7 Å². The zero-order valence-electron chi connectivity index (χ0n) is 38.4. The van der Waals surface area contributed by atoms with Crippen LogP contribution in [0.3, 0.4) is 0 Å². The van der Waals surface area contributed by atoms with E-state index in [4.69, 9.17) is 18.9 Å². The first-order valence-electron chi connectivity index (χ1n) is 23.7. The molecule has 0 aliphatic carbocycles. The molecule has 4 unspecified atom stereocenters. The molecular formula is C56H61N3O8. The van der Waals surface area contributed by atoms with Gasteiger partial charge in [-0.15, -0.1) is 0 Å². The first kappa shape index (κ1) is 45.6. The van der Waals surface area contributed by atoms with Crippen LogP contribution in [0.25, 0.3) is 17.2 Å². The van der Waals surface area contributed by atoms with Gasteiger partial charge in [-0.25, -0.2) is 0 Å². The summed E-state index contributed by atoms with van der Waals surface area (Å²) in [6.07, 6.45) is 5.72. The minimum Gasteiger partial charge on any atom is -0.508 e. The van der Waals surface area contributed by atoms with Crippen molar-refractivity contribution in [3.8, 4) is 39.9 Å². The summed E-state index contributed by atoms with van der Waals surface area (Å²) in [7, 11) is 1.54. The number of aromatic nitrogens is 1. The molecule has 4 aliphatic rings. The minimum atomic E-state index is -0.818. The van der Waals surface area contributed by atoms with E-state index in [1.807, 2.05) is 36.4 Å². The molecule has 67 heavy (non-hydrogen) atoms. The number of nitrogens with zero attached hydrogens (tertiary/aromatic N) is 1. The number of phenolic OH excluding ortho intramolecular Hbond substituents is 1. The molecule has 348 valence electrons. The maximum absolute atomic E-state index is 14.6. The molecule has 4 aliphatic heterocycles. The Morgan fingerprint density at radius 3 is 2.43 bits per heavy atom. The van der Waals surface area contributed by atoms with E-state index in [0.717, 1.165) is 66.1 Å². The number of benzene rings is 5. The molecule has 11 heteroatoms. The first-order valence-corrected chi connectivity index (χ1v) is 23.7. The summed E-state index contributed by atoms with van der Waals surface area (Å²) in [6.45, 7) is 4.92. The molecule has 1 fully saturated rings. The van der Waals surface area contributed by atoms with Crippen molar-refractivity contribution in [3.63, 3.8) is 0 Å². The third-order valence-corrected chi connectivity index (χ3v) is 13.3. The zero-order valence-corrected chi connectivity index (χ0v) is 38.4. The van der Waals surface area contributed by atoms with Crippen molar-refractivity contribution in [2.75, 3.05) is 51.5 Å². The lowest BCUT2D eigenvalue weighted by Gasteiger charge is -2.38. The number of aliphatic hydroxyl groups excluding tert-OH is 2. The molecule has 0 spiro atoms. The van der Waals surface area contributed by atoms with Crippen molar-refractivity contribution in [2.24, 2.45) is 5.92 Å². The minimum absolute atomic E-state index is 0.0273. The number of aromatic amines is 1. The number of aryl methyl sites for hydroxylation is 2. The predicted molar refractivity (Wildman–Crippen MR) is 262 cm³/mol. The highest BCUT2D eigenvalue weighted by atomic mass is 16.5. The van der Waals surface area contributed by atoms with Crippen LogP contribution in [0.1, 0.15) is 75.3 Å². The Bertz CT molecular complexity index is 2660. The number of carbonyl (C=O) groups is 1. The smallest absolute Gasteiger partial charge is 0.204 e. The lowest BCUT2D eigenvalue weighted by Crippen LogP contribution is -2.52. The molecule has 11 nitrogen and oxygen atoms in total. The maximum Gasteiger partial charge on any atom is 0.204 e. The largest absolute Gasteiger partial charge is 0.508 e. The highest BCUT2D eigenvalue weighted by Gasteiger charge is 2.38. The molecule has 4 atom stereocenters. The van der Waals surface area contributed by atoms with Crippen molar-refractivity contribution in [1.29, 1.82) is 0 Å². The third-order valence-electron chi connectivity index (χ3n) is 13.3. The third kappa shape index (κ3) is 10.4. The van der Waals surface area contributed by atoms with Gasteiger partial charge in [0.1, 0.15) is 29.0 Å². The van der Waals surface area contributed by atoms with E-state index in [0.29, 0.717) is 36.3 Å². The summed E-state index contributed by atoms with van der Waals surface area (Å²) in [6, 6.07) is 36.4. The van der Waals surface area contributed by atoms with E-state index in [-0.39, 0.29) is 73.2 Å². The fourth-order valence-electron chi connectivity index (χ4n) is 9.62. The highest BCUT2D eigenvalue weighted by Crippen LogP contribution is 2.53. The van der Waals surface area contributed by atoms with Crippen LogP contribution in [0.2, 0.25) is 0 Å². The van der Waals surface area contributed by atoms with E-state index in [1.54, 1.807) is 30.3 Å². The number of Topliss-reactive ketones (excluding diaryl/α,β-unsaturated/α-hetero) is 1. The SMILES string of the molecule is CCc1cc2c([nH]1)N1CCNCC1Cc1ccc(cc1)CC(CO)COc1c(c3c(c(OCCC(O)C=Cc4ccccc4)c1OC)C(=O)CC(c1ccc(O)cc1)O3)CCc1cccc-2c1. The van der Waals surface area contributed by atoms with Crippen LogP contribution >= 0.6 is 0 Å². The van der Waals surface area contributed by atoms with Crippen LogP contribution in [-0.4, -0.2) is 84.8 Å².